The third-order valence-corrected chi connectivity index (χ3v) is 7.52. The summed E-state index contributed by atoms with van der Waals surface area (Å²) in [5.74, 6) is 2.08. The van der Waals surface area contributed by atoms with Gasteiger partial charge in [-0.3, -0.25) is 10.00 Å². The number of nitrogens with zero attached hydrogens (tertiary/aromatic N) is 5. The summed E-state index contributed by atoms with van der Waals surface area (Å²) >= 11 is 0. The van der Waals surface area contributed by atoms with Crippen molar-refractivity contribution < 1.29 is 0 Å². The molecule has 36 heavy (non-hydrogen) atoms. The number of H-pyrrole nitrogens is 1. The number of benzene rings is 2. The van der Waals surface area contributed by atoms with Crippen molar-refractivity contribution in [2.75, 3.05) is 17.2 Å². The molecule has 6 rings (SSSR count). The molecule has 2 aliphatic rings. The van der Waals surface area contributed by atoms with E-state index in [0.29, 0.717) is 24.5 Å². The quantitative estimate of drug-likeness (QED) is 0.327. The lowest BCUT2D eigenvalue weighted by atomic mass is 9.97. The van der Waals surface area contributed by atoms with Crippen LogP contribution in [-0.4, -0.2) is 49.7 Å². The van der Waals surface area contributed by atoms with Gasteiger partial charge in [-0.25, -0.2) is 4.98 Å². The molecule has 2 saturated heterocycles. The van der Waals surface area contributed by atoms with Crippen LogP contribution in [0.5, 0.6) is 0 Å². The molecule has 8 nitrogen and oxygen atoms in total. The van der Waals surface area contributed by atoms with E-state index >= 15 is 0 Å². The van der Waals surface area contributed by atoms with Crippen molar-refractivity contribution in [1.29, 1.82) is 5.26 Å². The number of aromatic nitrogens is 4. The Morgan fingerprint density at radius 3 is 2.69 bits per heavy atom. The fourth-order valence-corrected chi connectivity index (χ4v) is 5.84. The minimum absolute atomic E-state index is 0.262. The van der Waals surface area contributed by atoms with Crippen LogP contribution in [0.15, 0.2) is 54.6 Å². The lowest BCUT2D eigenvalue weighted by Crippen LogP contribution is -2.50. The zero-order valence-corrected chi connectivity index (χ0v) is 20.4. The predicted octanol–water partition coefficient (Wildman–Crippen LogP) is 5.39. The van der Waals surface area contributed by atoms with Crippen molar-refractivity contribution in [2.45, 2.75) is 57.2 Å². The number of hydrogen-bond acceptors (Lipinski definition) is 7. The highest BCUT2D eigenvalue weighted by Gasteiger charge is 2.42. The summed E-state index contributed by atoms with van der Waals surface area (Å²) in [5, 5.41) is 24.5. The van der Waals surface area contributed by atoms with Gasteiger partial charge in [-0.15, -0.1) is 0 Å². The number of fused-ring (bicyclic) bond motifs is 3. The van der Waals surface area contributed by atoms with E-state index < -0.39 is 0 Å². The van der Waals surface area contributed by atoms with Gasteiger partial charge in [0.2, 0.25) is 5.95 Å². The average Bonchev–Trinajstić information content (AvgIpc) is 3.44. The largest absolute Gasteiger partial charge is 0.350 e. The summed E-state index contributed by atoms with van der Waals surface area (Å²) in [6.45, 7) is 2.82. The zero-order chi connectivity index (χ0) is 24.5. The molecule has 0 spiro atoms. The van der Waals surface area contributed by atoms with Crippen LogP contribution in [0.3, 0.4) is 0 Å². The molecule has 8 heteroatoms. The van der Waals surface area contributed by atoms with Crippen LogP contribution in [0.4, 0.5) is 17.6 Å². The zero-order valence-electron chi connectivity index (χ0n) is 20.4. The van der Waals surface area contributed by atoms with Crippen molar-refractivity contribution in [3.63, 3.8) is 0 Å². The van der Waals surface area contributed by atoms with Gasteiger partial charge in [-0.05, 0) is 55.9 Å². The first-order valence-electron chi connectivity index (χ1n) is 12.7. The van der Waals surface area contributed by atoms with E-state index in [2.05, 4.69) is 74.3 Å². The van der Waals surface area contributed by atoms with Gasteiger partial charge in [-0.1, -0.05) is 36.4 Å². The lowest BCUT2D eigenvalue weighted by molar-refractivity contribution is 0.132. The molecule has 182 valence electrons. The van der Waals surface area contributed by atoms with Crippen LogP contribution in [-0.2, 0) is 0 Å². The number of nitrogens with one attached hydrogen (secondary N) is 3. The first-order chi connectivity index (χ1) is 17.7. The van der Waals surface area contributed by atoms with Gasteiger partial charge in [0.25, 0.3) is 0 Å². The highest BCUT2D eigenvalue weighted by molar-refractivity contribution is 5.94. The van der Waals surface area contributed by atoms with Crippen molar-refractivity contribution in [3.8, 4) is 17.2 Å². The summed E-state index contributed by atoms with van der Waals surface area (Å²) in [6.07, 6.45) is 5.16. The van der Waals surface area contributed by atoms with E-state index in [1.807, 2.05) is 19.1 Å². The molecule has 0 radical (unpaired) electrons. The van der Waals surface area contributed by atoms with Gasteiger partial charge in [-0.2, -0.15) is 15.3 Å². The fourth-order valence-electron chi connectivity index (χ4n) is 5.84. The van der Waals surface area contributed by atoms with E-state index in [4.69, 9.17) is 15.2 Å². The number of aryl methyl sites for hydroxylation is 1. The number of piperidine rings is 1. The van der Waals surface area contributed by atoms with E-state index in [0.717, 1.165) is 65.2 Å². The van der Waals surface area contributed by atoms with Crippen LogP contribution < -0.4 is 10.6 Å². The molecule has 3 N–H and O–H groups in total. The topological polar surface area (TPSA) is 106 Å². The molecule has 4 heterocycles. The molecular weight excluding hydrogens is 448 g/mol. The Kier molecular flexibility index (Phi) is 5.99. The number of rotatable bonds is 7. The number of anilines is 3. The Labute approximate surface area is 210 Å². The lowest BCUT2D eigenvalue weighted by Gasteiger charge is -2.40. The smallest absolute Gasteiger partial charge is 0.225 e. The number of hydrogen-bond donors (Lipinski definition) is 3. The highest BCUT2D eigenvalue weighted by atomic mass is 15.3. The Bertz CT molecular complexity index is 1410. The molecule has 0 aliphatic carbocycles. The van der Waals surface area contributed by atoms with E-state index in [1.165, 1.54) is 6.42 Å². The first kappa shape index (κ1) is 22.5. The maximum Gasteiger partial charge on any atom is 0.225 e. The van der Waals surface area contributed by atoms with Gasteiger partial charge in [0.15, 0.2) is 5.82 Å². The van der Waals surface area contributed by atoms with Crippen molar-refractivity contribution in [3.05, 3.63) is 60.3 Å². The molecule has 2 bridgehead atoms. The number of nitriles is 1. The van der Waals surface area contributed by atoms with Crippen molar-refractivity contribution in [1.82, 2.24) is 25.1 Å². The molecular formula is C28H30N8. The summed E-state index contributed by atoms with van der Waals surface area (Å²) in [7, 11) is 0. The van der Waals surface area contributed by atoms with Crippen LogP contribution in [0.2, 0.25) is 0 Å². The minimum atomic E-state index is 0.262. The summed E-state index contributed by atoms with van der Waals surface area (Å²) in [4.78, 5) is 12.4. The second kappa shape index (κ2) is 9.59. The first-order valence-corrected chi connectivity index (χ1v) is 12.7. The van der Waals surface area contributed by atoms with Gasteiger partial charge in [0.05, 0.1) is 11.6 Å². The third-order valence-electron chi connectivity index (χ3n) is 7.52. The molecule has 4 aromatic rings. The minimum Gasteiger partial charge on any atom is -0.350 e. The van der Waals surface area contributed by atoms with Crippen LogP contribution in [0, 0.1) is 18.3 Å². The van der Waals surface area contributed by atoms with Crippen molar-refractivity contribution >= 4 is 28.5 Å². The number of aromatic amines is 1. The Hall–Kier alpha value is -3.96. The summed E-state index contributed by atoms with van der Waals surface area (Å²) in [5.41, 5.74) is 4.14. The van der Waals surface area contributed by atoms with Crippen LogP contribution in [0.1, 0.15) is 37.8 Å². The molecule has 0 saturated carbocycles. The summed E-state index contributed by atoms with van der Waals surface area (Å²) in [6, 6.07) is 22.2. The molecule has 3 atom stereocenters. The van der Waals surface area contributed by atoms with E-state index in [-0.39, 0.29) is 6.04 Å². The highest BCUT2D eigenvalue weighted by Crippen LogP contribution is 2.37. The standard InChI is InChI=1S/C28H30N8/c1-18-16-26(35-34-18)32-27-22-11-8-20(19-6-3-2-4-7-19)17-24(22)31-28(33-27)30-23-12-9-21-10-13-25(23)36(21)15-5-14-29/h2-4,6-8,11,16-17,21,23,25H,5,9-10,12-13,15H2,1H3,(H3,30,31,32,33,34,35). The van der Waals surface area contributed by atoms with E-state index in [9.17, 15) is 0 Å². The molecule has 2 aliphatic heterocycles. The maximum atomic E-state index is 9.12. The monoisotopic (exact) mass is 478 g/mol. The van der Waals surface area contributed by atoms with Gasteiger partial charge in [0, 0.05) is 48.2 Å². The maximum absolute atomic E-state index is 9.12. The Morgan fingerprint density at radius 1 is 1.03 bits per heavy atom. The summed E-state index contributed by atoms with van der Waals surface area (Å²) < 4.78 is 0. The predicted molar refractivity (Wildman–Crippen MR) is 142 cm³/mol. The van der Waals surface area contributed by atoms with Gasteiger partial charge >= 0.3 is 0 Å². The Morgan fingerprint density at radius 2 is 1.89 bits per heavy atom. The third kappa shape index (κ3) is 4.38. The average molecular weight is 479 g/mol. The van der Waals surface area contributed by atoms with Crippen LogP contribution >= 0.6 is 0 Å². The second-order valence-electron chi connectivity index (χ2n) is 9.83. The van der Waals surface area contributed by atoms with Crippen LogP contribution in [0.25, 0.3) is 22.0 Å². The SMILES string of the molecule is Cc1cc(Nc2nc(NC3CCC4CCC3N4CCC#N)nc3cc(-c4ccccc4)ccc23)n[nH]1. The van der Waals surface area contributed by atoms with E-state index in [1.54, 1.807) is 0 Å². The molecule has 2 aromatic carbocycles. The normalized spacial score (nSPS) is 21.4. The fraction of sp³-hybridized carbons (Fsp3) is 0.357. The second-order valence-corrected chi connectivity index (χ2v) is 9.83. The molecule has 2 fully saturated rings. The van der Waals surface area contributed by atoms with Crippen molar-refractivity contribution in [2.24, 2.45) is 0 Å². The Balaban J connectivity index is 1.36. The molecule has 3 unspecified atom stereocenters. The van der Waals surface area contributed by atoms with Gasteiger partial charge in [0.1, 0.15) is 5.82 Å². The van der Waals surface area contributed by atoms with Gasteiger partial charge < -0.3 is 10.6 Å². The molecule has 2 aromatic heterocycles. The molecule has 0 amide bonds.